The van der Waals surface area contributed by atoms with Crippen molar-refractivity contribution in [2.45, 2.75) is 51.9 Å². The van der Waals surface area contributed by atoms with Crippen molar-refractivity contribution in [1.29, 1.82) is 0 Å². The summed E-state index contributed by atoms with van der Waals surface area (Å²) in [5.41, 5.74) is 0. The van der Waals surface area contributed by atoms with E-state index in [1.807, 2.05) is 0 Å². The van der Waals surface area contributed by atoms with Gasteiger partial charge in [0.25, 0.3) is 0 Å². The van der Waals surface area contributed by atoms with Gasteiger partial charge in [0.05, 0.1) is 0 Å². The second-order valence-electron chi connectivity index (χ2n) is 3.57. The number of ether oxygens (including phenoxy) is 1. The first-order valence-corrected chi connectivity index (χ1v) is 5.57. The molecule has 0 rings (SSSR count). The van der Waals surface area contributed by atoms with Gasteiger partial charge in [-0.05, 0) is 6.42 Å². The van der Waals surface area contributed by atoms with Crippen molar-refractivity contribution in [3.8, 4) is 0 Å². The lowest BCUT2D eigenvalue weighted by atomic mass is 10.1. The predicted octanol–water partition coefficient (Wildman–Crippen LogP) is 2.84. The Kier molecular flexibility index (Phi) is 10.1. The van der Waals surface area contributed by atoms with Crippen LogP contribution in [0.2, 0.25) is 0 Å². The number of aliphatic carboxylic acids is 1. The van der Waals surface area contributed by atoms with Gasteiger partial charge in [-0.15, -0.1) is 0 Å². The highest BCUT2D eigenvalue weighted by molar-refractivity contribution is 5.67. The van der Waals surface area contributed by atoms with Crippen molar-refractivity contribution in [1.82, 2.24) is 0 Å². The van der Waals surface area contributed by atoms with Gasteiger partial charge in [0.1, 0.15) is 6.61 Å². The minimum atomic E-state index is -0.882. The molecule has 14 heavy (non-hydrogen) atoms. The molecule has 0 heterocycles. The highest BCUT2D eigenvalue weighted by Crippen LogP contribution is 2.06. The van der Waals surface area contributed by atoms with Crippen LogP contribution in [0.15, 0.2) is 0 Å². The fraction of sp³-hybridized carbons (Fsp3) is 0.909. The van der Waals surface area contributed by atoms with E-state index in [1.165, 1.54) is 32.1 Å². The van der Waals surface area contributed by atoms with E-state index in [1.54, 1.807) is 0 Å². The summed E-state index contributed by atoms with van der Waals surface area (Å²) in [6, 6.07) is 0. The zero-order valence-corrected chi connectivity index (χ0v) is 9.13. The fourth-order valence-electron chi connectivity index (χ4n) is 1.32. The predicted molar refractivity (Wildman–Crippen MR) is 56.4 cm³/mol. The molecule has 0 fully saturated rings. The van der Waals surface area contributed by atoms with Gasteiger partial charge in [-0.2, -0.15) is 0 Å². The van der Waals surface area contributed by atoms with Crippen molar-refractivity contribution < 1.29 is 14.6 Å². The second kappa shape index (κ2) is 10.5. The summed E-state index contributed by atoms with van der Waals surface area (Å²) in [7, 11) is 0. The molecular formula is C11H22O3. The van der Waals surface area contributed by atoms with E-state index < -0.39 is 5.97 Å². The SMILES string of the molecule is CCCCCCCCCOCC(=O)O. The molecule has 0 unspecified atom stereocenters. The molecule has 0 aromatic carbocycles. The van der Waals surface area contributed by atoms with E-state index in [-0.39, 0.29) is 6.61 Å². The number of carbonyl (C=O) groups is 1. The molecule has 0 saturated heterocycles. The maximum atomic E-state index is 10.1. The maximum absolute atomic E-state index is 10.1. The number of hydrogen-bond acceptors (Lipinski definition) is 2. The average molecular weight is 202 g/mol. The maximum Gasteiger partial charge on any atom is 0.329 e. The van der Waals surface area contributed by atoms with E-state index in [2.05, 4.69) is 6.92 Å². The lowest BCUT2D eigenvalue weighted by Crippen LogP contribution is -2.07. The summed E-state index contributed by atoms with van der Waals surface area (Å²) in [4.78, 5) is 10.1. The molecule has 0 spiro atoms. The van der Waals surface area contributed by atoms with Crippen LogP contribution in [0.4, 0.5) is 0 Å². The summed E-state index contributed by atoms with van der Waals surface area (Å²) in [5.74, 6) is -0.882. The van der Waals surface area contributed by atoms with Crippen LogP contribution in [0.5, 0.6) is 0 Å². The molecule has 0 aliphatic carbocycles. The molecule has 1 N–H and O–H groups in total. The highest BCUT2D eigenvalue weighted by atomic mass is 16.5. The van der Waals surface area contributed by atoms with Crippen LogP contribution in [0, 0.1) is 0 Å². The number of hydrogen-bond donors (Lipinski definition) is 1. The Balaban J connectivity index is 2.88. The third-order valence-corrected chi connectivity index (χ3v) is 2.12. The van der Waals surface area contributed by atoms with Crippen LogP contribution >= 0.6 is 0 Å². The van der Waals surface area contributed by atoms with Gasteiger partial charge >= 0.3 is 5.97 Å². The average Bonchev–Trinajstić information content (AvgIpc) is 2.15. The van der Waals surface area contributed by atoms with Crippen molar-refractivity contribution in [3.05, 3.63) is 0 Å². The molecule has 0 aliphatic heterocycles. The van der Waals surface area contributed by atoms with E-state index in [9.17, 15) is 4.79 Å². The van der Waals surface area contributed by atoms with E-state index >= 15 is 0 Å². The molecule has 0 atom stereocenters. The minimum absolute atomic E-state index is 0.157. The number of carboxylic acids is 1. The van der Waals surface area contributed by atoms with Crippen LogP contribution in [0.3, 0.4) is 0 Å². The summed E-state index contributed by atoms with van der Waals surface area (Å²) in [5, 5.41) is 8.29. The second-order valence-corrected chi connectivity index (χ2v) is 3.57. The monoisotopic (exact) mass is 202 g/mol. The summed E-state index contributed by atoms with van der Waals surface area (Å²) >= 11 is 0. The van der Waals surface area contributed by atoms with Gasteiger partial charge in [0.15, 0.2) is 0 Å². The minimum Gasteiger partial charge on any atom is -0.480 e. The van der Waals surface area contributed by atoms with E-state index in [4.69, 9.17) is 9.84 Å². The number of rotatable bonds is 10. The summed E-state index contributed by atoms with van der Waals surface area (Å²) in [6.45, 7) is 2.63. The third kappa shape index (κ3) is 11.4. The van der Waals surface area contributed by atoms with Crippen LogP contribution in [0.1, 0.15) is 51.9 Å². The Morgan fingerprint density at radius 3 is 2.21 bits per heavy atom. The molecule has 3 heteroatoms. The number of carboxylic acid groups (broad SMARTS) is 1. The molecule has 0 bridgehead atoms. The Morgan fingerprint density at radius 1 is 1.07 bits per heavy atom. The van der Waals surface area contributed by atoms with Crippen molar-refractivity contribution in [2.75, 3.05) is 13.2 Å². The Hall–Kier alpha value is -0.570. The first-order chi connectivity index (χ1) is 6.77. The van der Waals surface area contributed by atoms with Gasteiger partial charge in [0, 0.05) is 6.61 Å². The Bertz CT molecular complexity index is 134. The Morgan fingerprint density at radius 2 is 1.64 bits per heavy atom. The normalized spacial score (nSPS) is 10.4. The molecule has 0 aromatic heterocycles. The van der Waals surface area contributed by atoms with Crippen LogP contribution in [-0.4, -0.2) is 24.3 Å². The summed E-state index contributed by atoms with van der Waals surface area (Å²) < 4.78 is 4.92. The van der Waals surface area contributed by atoms with Crippen LogP contribution in [0.25, 0.3) is 0 Å². The van der Waals surface area contributed by atoms with Gasteiger partial charge in [-0.3, -0.25) is 0 Å². The molecule has 3 nitrogen and oxygen atoms in total. The highest BCUT2D eigenvalue weighted by Gasteiger charge is 1.95. The molecular weight excluding hydrogens is 180 g/mol. The first kappa shape index (κ1) is 13.4. The molecule has 0 saturated carbocycles. The van der Waals surface area contributed by atoms with Gasteiger partial charge in [-0.25, -0.2) is 4.79 Å². The van der Waals surface area contributed by atoms with Crippen molar-refractivity contribution in [2.24, 2.45) is 0 Å². The quantitative estimate of drug-likeness (QED) is 0.554. The van der Waals surface area contributed by atoms with E-state index in [0.717, 1.165) is 12.8 Å². The third-order valence-electron chi connectivity index (χ3n) is 2.12. The van der Waals surface area contributed by atoms with Gasteiger partial charge < -0.3 is 9.84 Å². The summed E-state index contributed by atoms with van der Waals surface area (Å²) in [6.07, 6.45) is 8.62. The van der Waals surface area contributed by atoms with Gasteiger partial charge in [-0.1, -0.05) is 45.4 Å². The lowest BCUT2D eigenvalue weighted by Gasteiger charge is -2.01. The van der Waals surface area contributed by atoms with Crippen molar-refractivity contribution >= 4 is 5.97 Å². The van der Waals surface area contributed by atoms with Crippen LogP contribution in [-0.2, 0) is 9.53 Å². The molecule has 0 aromatic rings. The standard InChI is InChI=1S/C11H22O3/c1-2-3-4-5-6-7-8-9-14-10-11(12)13/h2-10H2,1H3,(H,12,13). The lowest BCUT2D eigenvalue weighted by molar-refractivity contribution is -0.142. The van der Waals surface area contributed by atoms with Crippen molar-refractivity contribution in [3.63, 3.8) is 0 Å². The molecule has 0 amide bonds. The fourth-order valence-corrected chi connectivity index (χ4v) is 1.32. The zero-order valence-electron chi connectivity index (χ0n) is 9.13. The topological polar surface area (TPSA) is 46.5 Å². The molecule has 84 valence electrons. The smallest absolute Gasteiger partial charge is 0.329 e. The molecule has 0 aliphatic rings. The zero-order chi connectivity index (χ0) is 10.6. The largest absolute Gasteiger partial charge is 0.480 e. The van der Waals surface area contributed by atoms with Gasteiger partial charge in [0.2, 0.25) is 0 Å². The van der Waals surface area contributed by atoms with Crippen LogP contribution < -0.4 is 0 Å². The molecule has 0 radical (unpaired) electrons. The number of unbranched alkanes of at least 4 members (excludes halogenated alkanes) is 6. The van der Waals surface area contributed by atoms with E-state index in [0.29, 0.717) is 6.61 Å². The first-order valence-electron chi connectivity index (χ1n) is 5.57. The Labute approximate surface area is 86.5 Å².